The van der Waals surface area contributed by atoms with Crippen molar-refractivity contribution in [1.82, 2.24) is 5.32 Å². The van der Waals surface area contributed by atoms with E-state index in [0.29, 0.717) is 4.83 Å². The second-order valence-corrected chi connectivity index (χ2v) is 5.27. The summed E-state index contributed by atoms with van der Waals surface area (Å²) in [6, 6.07) is 10.6. The SMILES string of the molecule is BrCCNCC(Br)Cc1ccccc1. The van der Waals surface area contributed by atoms with Crippen molar-refractivity contribution in [3.05, 3.63) is 35.9 Å². The molecule has 1 rings (SSSR count). The Labute approximate surface area is 103 Å². The molecule has 78 valence electrons. The molecular weight excluding hydrogens is 306 g/mol. The molecule has 1 aromatic rings. The van der Waals surface area contributed by atoms with Crippen molar-refractivity contribution in [2.75, 3.05) is 18.4 Å². The van der Waals surface area contributed by atoms with Crippen LogP contribution in [0.3, 0.4) is 0 Å². The van der Waals surface area contributed by atoms with Crippen LogP contribution in [0, 0.1) is 0 Å². The molecule has 0 saturated heterocycles. The van der Waals surface area contributed by atoms with E-state index < -0.39 is 0 Å². The molecule has 1 atom stereocenters. The van der Waals surface area contributed by atoms with Gasteiger partial charge < -0.3 is 5.32 Å². The van der Waals surface area contributed by atoms with Crippen LogP contribution in [0.25, 0.3) is 0 Å². The van der Waals surface area contributed by atoms with Crippen LogP contribution in [-0.4, -0.2) is 23.2 Å². The smallest absolute Gasteiger partial charge is 0.0310 e. The minimum absolute atomic E-state index is 0.518. The Morgan fingerprint density at radius 2 is 1.93 bits per heavy atom. The number of hydrogen-bond donors (Lipinski definition) is 1. The molecule has 0 saturated carbocycles. The molecule has 0 fully saturated rings. The van der Waals surface area contributed by atoms with Gasteiger partial charge in [-0.3, -0.25) is 0 Å². The first-order valence-corrected chi connectivity index (χ1v) is 6.81. The Kier molecular flexibility index (Phi) is 6.48. The maximum Gasteiger partial charge on any atom is 0.0310 e. The van der Waals surface area contributed by atoms with Gasteiger partial charge in [0.1, 0.15) is 0 Å². The lowest BCUT2D eigenvalue weighted by molar-refractivity contribution is 0.696. The van der Waals surface area contributed by atoms with E-state index >= 15 is 0 Å². The van der Waals surface area contributed by atoms with Gasteiger partial charge in [0.2, 0.25) is 0 Å². The lowest BCUT2D eigenvalue weighted by Gasteiger charge is -2.10. The van der Waals surface area contributed by atoms with E-state index in [-0.39, 0.29) is 0 Å². The van der Waals surface area contributed by atoms with Crippen LogP contribution in [0.1, 0.15) is 5.56 Å². The lowest BCUT2D eigenvalue weighted by Crippen LogP contribution is -2.25. The summed E-state index contributed by atoms with van der Waals surface area (Å²) in [5, 5.41) is 4.37. The van der Waals surface area contributed by atoms with Crippen molar-refractivity contribution >= 4 is 31.9 Å². The predicted molar refractivity (Wildman–Crippen MR) is 69.5 cm³/mol. The molecule has 0 heterocycles. The van der Waals surface area contributed by atoms with E-state index in [9.17, 15) is 0 Å². The highest BCUT2D eigenvalue weighted by Crippen LogP contribution is 2.08. The standard InChI is InChI=1S/C11H15Br2N/c12-6-7-14-9-11(13)8-10-4-2-1-3-5-10/h1-5,11,14H,6-9H2. The van der Waals surface area contributed by atoms with Gasteiger partial charge in [0.05, 0.1) is 0 Å². The van der Waals surface area contributed by atoms with Crippen LogP contribution < -0.4 is 5.32 Å². The van der Waals surface area contributed by atoms with E-state index in [1.165, 1.54) is 5.56 Å². The van der Waals surface area contributed by atoms with Crippen molar-refractivity contribution in [2.24, 2.45) is 0 Å². The van der Waals surface area contributed by atoms with Gasteiger partial charge in [-0.25, -0.2) is 0 Å². The van der Waals surface area contributed by atoms with Crippen LogP contribution >= 0.6 is 31.9 Å². The summed E-state index contributed by atoms with van der Waals surface area (Å²) >= 11 is 7.06. The average molecular weight is 321 g/mol. The quantitative estimate of drug-likeness (QED) is 0.627. The minimum atomic E-state index is 0.518. The van der Waals surface area contributed by atoms with Crippen LogP contribution in [0.5, 0.6) is 0 Å². The predicted octanol–water partition coefficient (Wildman–Crippen LogP) is 2.98. The Morgan fingerprint density at radius 1 is 1.21 bits per heavy atom. The third-order valence-electron chi connectivity index (χ3n) is 1.94. The monoisotopic (exact) mass is 319 g/mol. The zero-order valence-electron chi connectivity index (χ0n) is 8.05. The van der Waals surface area contributed by atoms with Crippen LogP contribution in [0.2, 0.25) is 0 Å². The highest BCUT2D eigenvalue weighted by Gasteiger charge is 2.03. The van der Waals surface area contributed by atoms with Crippen LogP contribution in [-0.2, 0) is 6.42 Å². The van der Waals surface area contributed by atoms with Gasteiger partial charge in [0.25, 0.3) is 0 Å². The van der Waals surface area contributed by atoms with E-state index in [1.54, 1.807) is 0 Å². The molecule has 0 amide bonds. The molecule has 14 heavy (non-hydrogen) atoms. The summed E-state index contributed by atoms with van der Waals surface area (Å²) in [7, 11) is 0. The van der Waals surface area contributed by atoms with E-state index in [1.807, 2.05) is 0 Å². The molecule has 1 N–H and O–H groups in total. The Bertz CT molecular complexity index is 238. The van der Waals surface area contributed by atoms with Gasteiger partial charge in [-0.2, -0.15) is 0 Å². The summed E-state index contributed by atoms with van der Waals surface area (Å²) in [6.45, 7) is 2.04. The lowest BCUT2D eigenvalue weighted by atomic mass is 10.1. The molecule has 3 heteroatoms. The van der Waals surface area contributed by atoms with E-state index in [4.69, 9.17) is 0 Å². The highest BCUT2D eigenvalue weighted by molar-refractivity contribution is 9.09. The molecule has 1 nitrogen and oxygen atoms in total. The van der Waals surface area contributed by atoms with Crippen molar-refractivity contribution in [2.45, 2.75) is 11.2 Å². The van der Waals surface area contributed by atoms with Crippen LogP contribution in [0.15, 0.2) is 30.3 Å². The molecule has 0 aliphatic carbocycles. The first kappa shape index (κ1) is 12.2. The fourth-order valence-electron chi connectivity index (χ4n) is 1.27. The zero-order chi connectivity index (χ0) is 10.2. The number of hydrogen-bond acceptors (Lipinski definition) is 1. The minimum Gasteiger partial charge on any atom is -0.315 e. The number of rotatable bonds is 6. The van der Waals surface area contributed by atoms with E-state index in [0.717, 1.165) is 24.8 Å². The summed E-state index contributed by atoms with van der Waals surface area (Å²) in [6.07, 6.45) is 1.08. The largest absolute Gasteiger partial charge is 0.315 e. The van der Waals surface area contributed by atoms with Gasteiger partial charge in [-0.15, -0.1) is 0 Å². The highest BCUT2D eigenvalue weighted by atomic mass is 79.9. The fraction of sp³-hybridized carbons (Fsp3) is 0.455. The van der Waals surface area contributed by atoms with Crippen molar-refractivity contribution in [3.8, 4) is 0 Å². The molecule has 0 aromatic heterocycles. The van der Waals surface area contributed by atoms with E-state index in [2.05, 4.69) is 67.5 Å². The summed E-state index contributed by atoms with van der Waals surface area (Å²) in [5.41, 5.74) is 1.38. The average Bonchev–Trinajstić information content (AvgIpc) is 2.20. The summed E-state index contributed by atoms with van der Waals surface area (Å²) < 4.78 is 0. The third-order valence-corrected chi connectivity index (χ3v) is 2.98. The molecule has 1 aromatic carbocycles. The Balaban J connectivity index is 2.23. The number of nitrogens with one attached hydrogen (secondary N) is 1. The van der Waals surface area contributed by atoms with Gasteiger partial charge in [-0.1, -0.05) is 62.2 Å². The Hall–Kier alpha value is 0.140. The summed E-state index contributed by atoms with van der Waals surface area (Å²) in [5.74, 6) is 0. The van der Waals surface area contributed by atoms with Gasteiger partial charge in [-0.05, 0) is 12.0 Å². The van der Waals surface area contributed by atoms with Crippen LogP contribution in [0.4, 0.5) is 0 Å². The molecule has 1 unspecified atom stereocenters. The topological polar surface area (TPSA) is 12.0 Å². The molecule has 0 radical (unpaired) electrons. The Morgan fingerprint density at radius 3 is 2.57 bits per heavy atom. The second kappa shape index (κ2) is 7.43. The second-order valence-electron chi connectivity index (χ2n) is 3.18. The maximum atomic E-state index is 3.67. The fourth-order valence-corrected chi connectivity index (χ4v) is 2.15. The number of alkyl halides is 2. The van der Waals surface area contributed by atoms with Gasteiger partial charge in [0.15, 0.2) is 0 Å². The van der Waals surface area contributed by atoms with Crippen molar-refractivity contribution < 1.29 is 0 Å². The molecule has 0 aliphatic rings. The molecule has 0 bridgehead atoms. The zero-order valence-corrected chi connectivity index (χ0v) is 11.2. The summed E-state index contributed by atoms with van der Waals surface area (Å²) in [4.78, 5) is 0.518. The maximum absolute atomic E-state index is 3.67. The molecular formula is C11H15Br2N. The molecule has 0 spiro atoms. The van der Waals surface area contributed by atoms with Gasteiger partial charge in [0, 0.05) is 23.2 Å². The first-order valence-electron chi connectivity index (χ1n) is 4.77. The van der Waals surface area contributed by atoms with Crippen molar-refractivity contribution in [3.63, 3.8) is 0 Å². The molecule has 0 aliphatic heterocycles. The van der Waals surface area contributed by atoms with Gasteiger partial charge >= 0.3 is 0 Å². The van der Waals surface area contributed by atoms with Crippen molar-refractivity contribution in [1.29, 1.82) is 0 Å². The number of halogens is 2. The third kappa shape index (κ3) is 5.13. The first-order chi connectivity index (χ1) is 6.83. The normalized spacial score (nSPS) is 12.7. The number of benzene rings is 1.